The molecular weight excluding hydrogens is 861 g/mol. The monoisotopic (exact) mass is 941 g/mol. The lowest BCUT2D eigenvalue weighted by atomic mass is 10.0. The van der Waals surface area contributed by atoms with Gasteiger partial charge in [0.15, 0.2) is 11.6 Å². The fourth-order valence-electron chi connectivity index (χ4n) is 8.01. The maximum absolute atomic E-state index is 12.9. The molecule has 69 heavy (non-hydrogen) atoms. The lowest BCUT2D eigenvalue weighted by Gasteiger charge is -2.07. The van der Waals surface area contributed by atoms with E-state index in [4.69, 9.17) is 18.9 Å². The molecule has 0 saturated heterocycles. The lowest BCUT2D eigenvalue weighted by molar-refractivity contribution is -0.129. The standard InChI is InChI=1S/C61H80O8/c1-3-5-7-9-11-13-15-17-19-21-23-25-47-66-54-37-27-50(28-38-54)31-45-60(64)68-56-41-33-52(34-42-56)58(62)49-59(63)53-35-43-57(44-36-53)69-61(65)46-32-51-29-39-55(40-30-51)67-48-26-24-22-20-18-16-14-12-10-8-6-4-2/h27-46H,3-26,47-49H2,1-2H3/b45-31+,46-32+. The molecule has 0 aliphatic carbocycles. The molecule has 0 spiro atoms. The van der Waals surface area contributed by atoms with Crippen LogP contribution >= 0.6 is 0 Å². The van der Waals surface area contributed by atoms with E-state index in [1.807, 2.05) is 48.5 Å². The van der Waals surface area contributed by atoms with Gasteiger partial charge in [0.25, 0.3) is 0 Å². The van der Waals surface area contributed by atoms with Crippen LogP contribution in [0.1, 0.15) is 206 Å². The Morgan fingerprint density at radius 3 is 0.928 bits per heavy atom. The molecule has 0 aliphatic heterocycles. The predicted octanol–water partition coefficient (Wildman–Crippen LogP) is 16.5. The third kappa shape index (κ3) is 25.4. The molecule has 0 unspecified atom stereocenters. The van der Waals surface area contributed by atoms with Crippen molar-refractivity contribution in [3.05, 3.63) is 131 Å². The van der Waals surface area contributed by atoms with Crippen molar-refractivity contribution in [2.24, 2.45) is 0 Å². The number of unbranched alkanes of at least 4 members (excludes halogenated alkanes) is 22. The van der Waals surface area contributed by atoms with Crippen LogP contribution in [0, 0.1) is 0 Å². The Labute approximate surface area is 414 Å². The quantitative estimate of drug-likeness (QED) is 0.0109. The topological polar surface area (TPSA) is 105 Å². The molecule has 0 saturated carbocycles. The van der Waals surface area contributed by atoms with Gasteiger partial charge in [-0.3, -0.25) is 9.59 Å². The molecule has 372 valence electrons. The largest absolute Gasteiger partial charge is 0.494 e. The van der Waals surface area contributed by atoms with Crippen LogP contribution in [-0.2, 0) is 9.59 Å². The smallest absolute Gasteiger partial charge is 0.336 e. The zero-order chi connectivity index (χ0) is 49.0. The highest BCUT2D eigenvalue weighted by Crippen LogP contribution is 2.21. The van der Waals surface area contributed by atoms with Gasteiger partial charge < -0.3 is 18.9 Å². The zero-order valence-corrected chi connectivity index (χ0v) is 41.9. The predicted molar refractivity (Wildman–Crippen MR) is 282 cm³/mol. The van der Waals surface area contributed by atoms with Crippen LogP contribution in [0.3, 0.4) is 0 Å². The highest BCUT2D eigenvalue weighted by atomic mass is 16.5. The second kappa shape index (κ2) is 35.4. The second-order valence-electron chi connectivity index (χ2n) is 18.2. The third-order valence-electron chi connectivity index (χ3n) is 12.2. The van der Waals surface area contributed by atoms with Gasteiger partial charge in [-0.25, -0.2) is 9.59 Å². The van der Waals surface area contributed by atoms with E-state index in [2.05, 4.69) is 13.8 Å². The molecular formula is C61H80O8. The van der Waals surface area contributed by atoms with Crippen LogP contribution in [0.4, 0.5) is 0 Å². The van der Waals surface area contributed by atoms with E-state index in [1.165, 1.54) is 202 Å². The van der Waals surface area contributed by atoms with Crippen molar-refractivity contribution in [3.63, 3.8) is 0 Å². The molecule has 8 nitrogen and oxygen atoms in total. The summed E-state index contributed by atoms with van der Waals surface area (Å²) in [5, 5.41) is 0. The van der Waals surface area contributed by atoms with Crippen molar-refractivity contribution in [2.75, 3.05) is 13.2 Å². The maximum Gasteiger partial charge on any atom is 0.336 e. The van der Waals surface area contributed by atoms with E-state index < -0.39 is 11.9 Å². The summed E-state index contributed by atoms with van der Waals surface area (Å²) in [5.41, 5.74) is 2.30. The Morgan fingerprint density at radius 1 is 0.348 bits per heavy atom. The van der Waals surface area contributed by atoms with Crippen molar-refractivity contribution >= 4 is 35.7 Å². The SMILES string of the molecule is CCCCCCCCCCCCCCOc1ccc(/C=C/C(=O)Oc2ccc(C(=O)CC(=O)c3ccc(OC(=O)/C=C/c4ccc(OCCCCCCCCCCCCCC)cc4)cc3)cc2)cc1. The Balaban J connectivity index is 1.05. The van der Waals surface area contributed by atoms with Crippen molar-refractivity contribution in [1.29, 1.82) is 0 Å². The van der Waals surface area contributed by atoms with Gasteiger partial charge in [0.05, 0.1) is 19.6 Å². The van der Waals surface area contributed by atoms with Crippen molar-refractivity contribution in [2.45, 2.75) is 174 Å². The highest BCUT2D eigenvalue weighted by molar-refractivity contribution is 6.13. The fraction of sp³-hybridized carbons (Fsp3) is 0.475. The van der Waals surface area contributed by atoms with Gasteiger partial charge in [0, 0.05) is 23.3 Å². The van der Waals surface area contributed by atoms with E-state index in [9.17, 15) is 19.2 Å². The number of carbonyl (C=O) groups excluding carboxylic acids is 4. The molecule has 0 atom stereocenters. The molecule has 0 aliphatic rings. The van der Waals surface area contributed by atoms with E-state index in [0.717, 1.165) is 35.5 Å². The molecule has 0 fully saturated rings. The fourth-order valence-corrected chi connectivity index (χ4v) is 8.01. The van der Waals surface area contributed by atoms with E-state index in [0.29, 0.717) is 24.3 Å². The van der Waals surface area contributed by atoms with Crippen molar-refractivity contribution in [3.8, 4) is 23.0 Å². The normalized spacial score (nSPS) is 11.3. The summed E-state index contributed by atoms with van der Waals surface area (Å²) in [4.78, 5) is 50.9. The second-order valence-corrected chi connectivity index (χ2v) is 18.2. The van der Waals surface area contributed by atoms with E-state index >= 15 is 0 Å². The number of rotatable bonds is 38. The molecule has 8 heteroatoms. The molecule has 0 amide bonds. The van der Waals surface area contributed by atoms with Gasteiger partial charge in [0.1, 0.15) is 23.0 Å². The van der Waals surface area contributed by atoms with Crippen molar-refractivity contribution < 1.29 is 38.1 Å². The summed E-state index contributed by atoms with van der Waals surface area (Å²) in [7, 11) is 0. The Morgan fingerprint density at radius 2 is 0.623 bits per heavy atom. The summed E-state index contributed by atoms with van der Waals surface area (Å²) >= 11 is 0. The first kappa shape index (κ1) is 55.8. The minimum Gasteiger partial charge on any atom is -0.494 e. The number of benzene rings is 4. The Kier molecular flexibility index (Phi) is 28.6. The summed E-state index contributed by atoms with van der Waals surface area (Å²) in [6.45, 7) is 5.91. The molecule has 0 N–H and O–H groups in total. The molecule has 0 radical (unpaired) electrons. The molecule has 4 aromatic carbocycles. The minimum absolute atomic E-state index is 0.275. The molecule has 0 heterocycles. The Bertz CT molecular complexity index is 1930. The van der Waals surface area contributed by atoms with E-state index in [1.54, 1.807) is 12.2 Å². The number of esters is 2. The summed E-state index contributed by atoms with van der Waals surface area (Å²) in [6, 6.07) is 27.3. The van der Waals surface area contributed by atoms with Crippen LogP contribution in [0.5, 0.6) is 23.0 Å². The van der Waals surface area contributed by atoms with Gasteiger partial charge >= 0.3 is 11.9 Å². The van der Waals surface area contributed by atoms with Gasteiger partial charge in [0.2, 0.25) is 0 Å². The van der Waals surface area contributed by atoms with E-state index in [-0.39, 0.29) is 29.5 Å². The summed E-state index contributed by atoms with van der Waals surface area (Å²) in [5.74, 6) is 0.289. The minimum atomic E-state index is -0.558. The van der Waals surface area contributed by atoms with Crippen LogP contribution in [0.15, 0.2) is 109 Å². The third-order valence-corrected chi connectivity index (χ3v) is 12.2. The van der Waals surface area contributed by atoms with Crippen LogP contribution < -0.4 is 18.9 Å². The number of ether oxygens (including phenoxy) is 4. The number of Topliss-reactive ketones (excluding diaryl/α,β-unsaturated/α-hetero) is 2. The number of carbonyl (C=O) groups is 4. The number of ketones is 2. The van der Waals surface area contributed by atoms with Crippen LogP contribution in [0.2, 0.25) is 0 Å². The lowest BCUT2D eigenvalue weighted by Crippen LogP contribution is -2.09. The van der Waals surface area contributed by atoms with Gasteiger partial charge in [-0.05, 0) is 109 Å². The molecule has 0 aromatic heterocycles. The zero-order valence-electron chi connectivity index (χ0n) is 41.9. The molecule has 0 bridgehead atoms. The average molecular weight is 941 g/mol. The summed E-state index contributed by atoms with van der Waals surface area (Å²) < 4.78 is 22.7. The molecule has 4 aromatic rings. The maximum atomic E-state index is 12.9. The van der Waals surface area contributed by atoms with Crippen molar-refractivity contribution in [1.82, 2.24) is 0 Å². The number of hydrogen-bond acceptors (Lipinski definition) is 8. The van der Waals surface area contributed by atoms with Crippen LogP contribution in [-0.4, -0.2) is 36.7 Å². The van der Waals surface area contributed by atoms with Gasteiger partial charge in [-0.1, -0.05) is 179 Å². The van der Waals surface area contributed by atoms with Gasteiger partial charge in [-0.15, -0.1) is 0 Å². The first-order valence-electron chi connectivity index (χ1n) is 26.3. The highest BCUT2D eigenvalue weighted by Gasteiger charge is 2.15. The first-order valence-corrected chi connectivity index (χ1v) is 26.3. The first-order chi connectivity index (χ1) is 33.8. The average Bonchev–Trinajstić information content (AvgIpc) is 3.36. The van der Waals surface area contributed by atoms with Crippen LogP contribution in [0.25, 0.3) is 12.2 Å². The number of hydrogen-bond donors (Lipinski definition) is 0. The Hall–Kier alpha value is -5.76. The van der Waals surface area contributed by atoms with Gasteiger partial charge in [-0.2, -0.15) is 0 Å². The summed E-state index contributed by atoms with van der Waals surface area (Å²) in [6.07, 6.45) is 37.1. The molecule has 4 rings (SSSR count).